The second-order valence-electron chi connectivity index (χ2n) is 12.8. The van der Waals surface area contributed by atoms with Crippen molar-refractivity contribution in [3.63, 3.8) is 0 Å². The molecule has 1 amide bonds. The van der Waals surface area contributed by atoms with Gasteiger partial charge in [0.05, 0.1) is 48.5 Å². The van der Waals surface area contributed by atoms with Crippen LogP contribution in [0.25, 0.3) is 10.8 Å². The van der Waals surface area contributed by atoms with Crippen LogP contribution in [0, 0.1) is 11.3 Å². The molecule has 48 heavy (non-hydrogen) atoms. The van der Waals surface area contributed by atoms with Crippen molar-refractivity contribution in [3.05, 3.63) is 77.2 Å². The van der Waals surface area contributed by atoms with Gasteiger partial charge >= 0.3 is 6.01 Å². The molecule has 2 aromatic heterocycles. The van der Waals surface area contributed by atoms with E-state index in [1.54, 1.807) is 22.0 Å². The van der Waals surface area contributed by atoms with Gasteiger partial charge in [0.25, 0.3) is 5.91 Å². The van der Waals surface area contributed by atoms with Crippen molar-refractivity contribution in [3.8, 4) is 12.1 Å². The maximum atomic E-state index is 13.5. The Morgan fingerprint density at radius 2 is 1.96 bits per heavy atom. The van der Waals surface area contributed by atoms with E-state index in [0.717, 1.165) is 70.9 Å². The number of piperazine rings is 1. The number of ether oxygens (including phenoxy) is 1. The highest BCUT2D eigenvalue weighted by Crippen LogP contribution is 2.37. The first-order valence-corrected chi connectivity index (χ1v) is 16.9. The Labute approximate surface area is 285 Å². The molecule has 3 aliphatic heterocycles. The average Bonchev–Trinajstić information content (AvgIpc) is 3.77. The summed E-state index contributed by atoms with van der Waals surface area (Å²) in [6, 6.07) is 14.9. The van der Waals surface area contributed by atoms with Gasteiger partial charge in [-0.05, 0) is 50.4 Å². The average molecular weight is 667 g/mol. The highest BCUT2D eigenvalue weighted by Gasteiger charge is 2.35. The maximum absolute atomic E-state index is 13.5. The predicted molar refractivity (Wildman–Crippen MR) is 184 cm³/mol. The van der Waals surface area contributed by atoms with Crippen LogP contribution in [0.3, 0.4) is 0 Å². The molecule has 0 unspecified atom stereocenters. The van der Waals surface area contributed by atoms with Crippen molar-refractivity contribution in [2.75, 3.05) is 56.2 Å². The lowest BCUT2D eigenvalue weighted by Crippen LogP contribution is -2.56. The van der Waals surface area contributed by atoms with Crippen molar-refractivity contribution >= 4 is 39.8 Å². The van der Waals surface area contributed by atoms with Crippen LogP contribution in [-0.4, -0.2) is 99.1 Å². The number of halogens is 1. The lowest BCUT2D eigenvalue weighted by atomic mass is 10.0. The number of nitrogens with zero attached hydrogens (tertiary/aromatic N) is 10. The van der Waals surface area contributed by atoms with Gasteiger partial charge in [0, 0.05) is 60.6 Å². The third kappa shape index (κ3) is 6.40. The summed E-state index contributed by atoms with van der Waals surface area (Å²) in [5, 5.41) is 20.4. The number of carbonyl (C=O) groups excluding carboxylic acids is 1. The molecule has 5 heterocycles. The third-order valence-corrected chi connectivity index (χ3v) is 10.1. The zero-order chi connectivity index (χ0) is 33.2. The number of anilines is 2. The van der Waals surface area contributed by atoms with E-state index >= 15 is 0 Å². The van der Waals surface area contributed by atoms with Gasteiger partial charge in [-0.1, -0.05) is 47.7 Å². The Morgan fingerprint density at radius 1 is 1.10 bits per heavy atom. The number of nitriles is 1. The minimum Gasteiger partial charge on any atom is -0.462 e. The topological polar surface area (TPSA) is 120 Å². The SMILES string of the molecule is C=C(Cn1ccnn1)C(=O)N1CCN(c2nc(OC[C@@H]3CCCN3C)nc3c2CCN(c2cccc4cccc(Cl)c24)C3)C[C@@H]1CC#N. The van der Waals surface area contributed by atoms with E-state index in [9.17, 15) is 10.1 Å². The molecule has 13 heteroatoms. The third-order valence-electron chi connectivity index (χ3n) is 9.77. The van der Waals surface area contributed by atoms with Crippen LogP contribution in [0.15, 0.2) is 60.9 Å². The molecule has 0 N–H and O–H groups in total. The van der Waals surface area contributed by atoms with Crippen LogP contribution in [-0.2, 0) is 24.3 Å². The highest BCUT2D eigenvalue weighted by molar-refractivity contribution is 6.36. The van der Waals surface area contributed by atoms with E-state index in [-0.39, 0.29) is 24.9 Å². The fourth-order valence-electron chi connectivity index (χ4n) is 7.20. The minimum absolute atomic E-state index is 0.177. The molecule has 2 aromatic carbocycles. The smallest absolute Gasteiger partial charge is 0.318 e. The van der Waals surface area contributed by atoms with Gasteiger partial charge in [-0.3, -0.25) is 4.79 Å². The zero-order valence-corrected chi connectivity index (χ0v) is 27.9. The first-order valence-electron chi connectivity index (χ1n) is 16.5. The number of aromatic nitrogens is 5. The predicted octanol–water partition coefficient (Wildman–Crippen LogP) is 4.10. The molecule has 0 radical (unpaired) electrons. The van der Waals surface area contributed by atoms with Gasteiger partial charge in [-0.25, -0.2) is 4.68 Å². The second-order valence-corrected chi connectivity index (χ2v) is 13.2. The summed E-state index contributed by atoms with van der Waals surface area (Å²) < 4.78 is 7.90. The minimum atomic E-state index is -0.330. The number of benzene rings is 2. The van der Waals surface area contributed by atoms with Gasteiger partial charge in [-0.15, -0.1) is 5.10 Å². The number of hydrogen-bond donors (Lipinski definition) is 0. The van der Waals surface area contributed by atoms with Crippen LogP contribution < -0.4 is 14.5 Å². The molecule has 2 saturated heterocycles. The van der Waals surface area contributed by atoms with E-state index in [2.05, 4.69) is 69.0 Å². The number of carbonyl (C=O) groups is 1. The standard InChI is InChI=1S/C35H39ClN10O2/c1-24(20-45-17-14-38-41-45)34(47)46-19-18-44(21-26(46)11-13-37)33-28-12-16-43(31-10-4-7-25-6-3-9-29(36)32(25)31)22-30(28)39-35(40-33)48-23-27-8-5-15-42(27)2/h3-4,6-7,9-10,14,17,26-27H,1,5,8,11-12,15-16,18-23H2,2H3/t26-,27-/m0/s1. The van der Waals surface area contributed by atoms with Crippen LogP contribution in [0.2, 0.25) is 5.02 Å². The Hall–Kier alpha value is -4.73. The summed E-state index contributed by atoms with van der Waals surface area (Å²) in [5.41, 5.74) is 3.47. The molecule has 0 aliphatic carbocycles. The number of hydrogen-bond acceptors (Lipinski definition) is 10. The quantitative estimate of drug-likeness (QED) is 0.242. The van der Waals surface area contributed by atoms with Crippen molar-refractivity contribution in [1.82, 2.24) is 34.8 Å². The molecule has 4 aromatic rings. The normalized spacial score (nSPS) is 19.7. The molecule has 0 bridgehead atoms. The lowest BCUT2D eigenvalue weighted by Gasteiger charge is -2.42. The summed E-state index contributed by atoms with van der Waals surface area (Å²) >= 11 is 6.73. The number of amides is 1. The van der Waals surface area contributed by atoms with E-state index in [0.29, 0.717) is 50.4 Å². The fourth-order valence-corrected chi connectivity index (χ4v) is 7.48. The molecule has 12 nitrogen and oxygen atoms in total. The number of fused-ring (bicyclic) bond motifs is 2. The molecule has 3 aliphatic rings. The molecular formula is C35H39ClN10O2. The van der Waals surface area contributed by atoms with Gasteiger partial charge in [0.2, 0.25) is 0 Å². The van der Waals surface area contributed by atoms with Crippen LogP contribution in [0.5, 0.6) is 6.01 Å². The van der Waals surface area contributed by atoms with E-state index in [1.807, 2.05) is 12.1 Å². The molecule has 0 saturated carbocycles. The Balaban J connectivity index is 1.17. The maximum Gasteiger partial charge on any atom is 0.318 e. The summed E-state index contributed by atoms with van der Waals surface area (Å²) in [7, 11) is 2.13. The summed E-state index contributed by atoms with van der Waals surface area (Å²) in [4.78, 5) is 32.2. The lowest BCUT2D eigenvalue weighted by molar-refractivity contribution is -0.130. The summed E-state index contributed by atoms with van der Waals surface area (Å²) in [6.45, 7) is 8.65. The Bertz CT molecular complexity index is 1850. The number of likely N-dealkylation sites (tertiary alicyclic amines) is 1. The Kier molecular flexibility index (Phi) is 9.15. The van der Waals surface area contributed by atoms with Crippen molar-refractivity contribution in [2.45, 2.75) is 50.9 Å². The second kappa shape index (κ2) is 13.8. The van der Waals surface area contributed by atoms with Gasteiger partial charge in [0.1, 0.15) is 12.4 Å². The summed E-state index contributed by atoms with van der Waals surface area (Å²) in [6.07, 6.45) is 6.42. The molecule has 2 atom stereocenters. The van der Waals surface area contributed by atoms with E-state index in [1.165, 1.54) is 0 Å². The van der Waals surface area contributed by atoms with Crippen molar-refractivity contribution < 1.29 is 9.53 Å². The van der Waals surface area contributed by atoms with Crippen molar-refractivity contribution in [2.24, 2.45) is 0 Å². The van der Waals surface area contributed by atoms with Crippen LogP contribution in [0.4, 0.5) is 11.5 Å². The molecule has 2 fully saturated rings. The molecule has 7 rings (SSSR count). The van der Waals surface area contributed by atoms with Crippen molar-refractivity contribution in [1.29, 1.82) is 5.26 Å². The Morgan fingerprint density at radius 3 is 2.73 bits per heavy atom. The first kappa shape index (κ1) is 31.8. The monoisotopic (exact) mass is 666 g/mol. The first-order chi connectivity index (χ1) is 23.4. The van der Waals surface area contributed by atoms with Gasteiger partial charge < -0.3 is 24.3 Å². The zero-order valence-electron chi connectivity index (χ0n) is 27.1. The fraction of sp³-hybridized carbons (Fsp3) is 0.429. The number of rotatable bonds is 9. The van der Waals surface area contributed by atoms with E-state index in [4.69, 9.17) is 26.3 Å². The molecule has 248 valence electrons. The number of likely N-dealkylation sites (N-methyl/N-ethyl adjacent to an activating group) is 1. The highest BCUT2D eigenvalue weighted by atomic mass is 35.5. The van der Waals surface area contributed by atoms with Gasteiger partial charge in [0.15, 0.2) is 0 Å². The van der Waals surface area contributed by atoms with E-state index < -0.39 is 0 Å². The van der Waals surface area contributed by atoms with Crippen LogP contribution >= 0.6 is 11.6 Å². The summed E-state index contributed by atoms with van der Waals surface area (Å²) in [5.74, 6) is 0.645. The molecule has 0 spiro atoms. The molecular weight excluding hydrogens is 628 g/mol. The van der Waals surface area contributed by atoms with Crippen LogP contribution in [0.1, 0.15) is 30.5 Å². The van der Waals surface area contributed by atoms with Gasteiger partial charge in [-0.2, -0.15) is 15.2 Å². The largest absolute Gasteiger partial charge is 0.462 e.